The first-order valence-corrected chi connectivity index (χ1v) is 12.4. The summed E-state index contributed by atoms with van der Waals surface area (Å²) in [4.78, 5) is 33.6. The maximum atomic E-state index is 12.9. The fourth-order valence-electron chi connectivity index (χ4n) is 4.39. The van der Waals surface area contributed by atoms with E-state index in [1.807, 2.05) is 61.3 Å². The van der Waals surface area contributed by atoms with Gasteiger partial charge < -0.3 is 20.4 Å². The average Bonchev–Trinajstić information content (AvgIpc) is 3.53. The summed E-state index contributed by atoms with van der Waals surface area (Å²) in [5.41, 5.74) is 6.02. The number of carbonyl (C=O) groups is 1. The molecular formula is C29H30N6O3. The molecule has 0 atom stereocenters. The van der Waals surface area contributed by atoms with Gasteiger partial charge in [-0.1, -0.05) is 35.9 Å². The fourth-order valence-corrected chi connectivity index (χ4v) is 4.39. The lowest BCUT2D eigenvalue weighted by Gasteiger charge is -2.14. The van der Waals surface area contributed by atoms with E-state index >= 15 is 0 Å². The highest BCUT2D eigenvalue weighted by Gasteiger charge is 2.13. The summed E-state index contributed by atoms with van der Waals surface area (Å²) in [6.45, 7) is 4.02. The lowest BCUT2D eigenvalue weighted by molar-refractivity contribution is 0.102. The molecule has 0 fully saturated rings. The molecular weight excluding hydrogens is 480 g/mol. The highest BCUT2D eigenvalue weighted by Crippen LogP contribution is 2.25. The Morgan fingerprint density at radius 3 is 2.68 bits per heavy atom. The van der Waals surface area contributed by atoms with E-state index in [0.29, 0.717) is 42.1 Å². The van der Waals surface area contributed by atoms with Crippen LogP contribution in [0.25, 0.3) is 22.2 Å². The monoisotopic (exact) mass is 510 g/mol. The lowest BCUT2D eigenvalue weighted by atomic mass is 10.1. The van der Waals surface area contributed by atoms with E-state index in [4.69, 9.17) is 5.11 Å². The minimum Gasteiger partial charge on any atom is -0.395 e. The first-order valence-electron chi connectivity index (χ1n) is 12.4. The maximum absolute atomic E-state index is 12.9. The van der Waals surface area contributed by atoms with Crippen LogP contribution in [0.2, 0.25) is 0 Å². The van der Waals surface area contributed by atoms with Crippen LogP contribution in [-0.2, 0) is 13.1 Å². The number of likely N-dealkylation sites (N-methyl/N-ethyl adjacent to an activating group) is 1. The van der Waals surface area contributed by atoms with Crippen molar-refractivity contribution in [2.45, 2.75) is 20.0 Å². The standard InChI is InChI=1S/C29H30N6O3/c1-19-3-5-20(6-4-19)17-35-18-23(14-31-35)28(37)32-24-13-25(29(38)30-15-24)27-12-22-11-21(7-8-26(22)33-27)16-34(2)9-10-36/h3-8,11-15,18,33,36H,9-10,16-17H2,1-2H3,(H,30,38)(H,32,37). The molecule has 0 bridgehead atoms. The van der Waals surface area contributed by atoms with Gasteiger partial charge in [-0.15, -0.1) is 0 Å². The van der Waals surface area contributed by atoms with Gasteiger partial charge in [-0.2, -0.15) is 5.10 Å². The third-order valence-electron chi connectivity index (χ3n) is 6.43. The molecule has 0 saturated carbocycles. The number of H-pyrrole nitrogens is 2. The van der Waals surface area contributed by atoms with Gasteiger partial charge in [0.25, 0.3) is 11.5 Å². The number of hydrogen-bond donors (Lipinski definition) is 4. The Labute approximate surface area is 219 Å². The van der Waals surface area contributed by atoms with Gasteiger partial charge in [0.2, 0.25) is 0 Å². The van der Waals surface area contributed by atoms with Crippen LogP contribution in [0.15, 0.2) is 78.0 Å². The molecule has 1 amide bonds. The van der Waals surface area contributed by atoms with Crippen LogP contribution >= 0.6 is 0 Å². The van der Waals surface area contributed by atoms with Crippen molar-refractivity contribution in [1.29, 1.82) is 0 Å². The zero-order valence-electron chi connectivity index (χ0n) is 21.4. The molecule has 0 aliphatic carbocycles. The largest absolute Gasteiger partial charge is 0.395 e. The van der Waals surface area contributed by atoms with Gasteiger partial charge in [-0.25, -0.2) is 0 Å². The van der Waals surface area contributed by atoms with Crippen molar-refractivity contribution in [1.82, 2.24) is 24.6 Å². The van der Waals surface area contributed by atoms with E-state index in [1.165, 1.54) is 18.0 Å². The Hall–Kier alpha value is -4.47. The molecule has 3 aromatic heterocycles. The minimum atomic E-state index is -0.313. The number of nitrogens with zero attached hydrogens (tertiary/aromatic N) is 3. The predicted molar refractivity (Wildman–Crippen MR) is 148 cm³/mol. The molecule has 0 saturated heterocycles. The summed E-state index contributed by atoms with van der Waals surface area (Å²) in [5, 5.41) is 17.3. The summed E-state index contributed by atoms with van der Waals surface area (Å²) in [6.07, 6.45) is 4.72. The molecule has 38 heavy (non-hydrogen) atoms. The average molecular weight is 511 g/mol. The van der Waals surface area contributed by atoms with Crippen LogP contribution in [-0.4, -0.2) is 55.9 Å². The summed E-state index contributed by atoms with van der Waals surface area (Å²) >= 11 is 0. The van der Waals surface area contributed by atoms with Gasteiger partial charge in [0.05, 0.1) is 41.9 Å². The maximum Gasteiger partial charge on any atom is 0.258 e. The normalized spacial score (nSPS) is 11.4. The molecule has 4 N–H and O–H groups in total. The van der Waals surface area contributed by atoms with Crippen LogP contribution in [0.5, 0.6) is 0 Å². The molecule has 194 valence electrons. The molecule has 9 nitrogen and oxygen atoms in total. The van der Waals surface area contributed by atoms with E-state index in [9.17, 15) is 9.59 Å². The first kappa shape index (κ1) is 25.2. The van der Waals surface area contributed by atoms with Crippen molar-refractivity contribution >= 4 is 22.5 Å². The number of aromatic nitrogens is 4. The number of amides is 1. The number of carbonyl (C=O) groups excluding carboxylic acids is 1. The predicted octanol–water partition coefficient (Wildman–Crippen LogP) is 3.75. The molecule has 0 aliphatic rings. The molecule has 0 aliphatic heterocycles. The Bertz CT molecular complexity index is 1630. The van der Waals surface area contributed by atoms with Crippen LogP contribution in [0, 0.1) is 6.92 Å². The van der Waals surface area contributed by atoms with E-state index in [2.05, 4.69) is 26.4 Å². The third-order valence-corrected chi connectivity index (χ3v) is 6.43. The second-order valence-corrected chi connectivity index (χ2v) is 9.56. The number of aromatic amines is 2. The van der Waals surface area contributed by atoms with Crippen LogP contribution in [0.1, 0.15) is 27.0 Å². The Balaban J connectivity index is 1.32. The lowest BCUT2D eigenvalue weighted by Crippen LogP contribution is -2.21. The number of pyridine rings is 1. The molecule has 2 aromatic carbocycles. The van der Waals surface area contributed by atoms with Crippen LogP contribution in [0.4, 0.5) is 5.69 Å². The van der Waals surface area contributed by atoms with E-state index in [-0.39, 0.29) is 18.1 Å². The van der Waals surface area contributed by atoms with Gasteiger partial charge in [0.1, 0.15) is 0 Å². The number of benzene rings is 2. The fraction of sp³-hybridized carbons (Fsp3) is 0.207. The summed E-state index contributed by atoms with van der Waals surface area (Å²) in [5.74, 6) is -0.313. The topological polar surface area (TPSA) is 119 Å². The summed E-state index contributed by atoms with van der Waals surface area (Å²) in [7, 11) is 1.96. The molecule has 5 aromatic rings. The molecule has 9 heteroatoms. The highest BCUT2D eigenvalue weighted by molar-refractivity contribution is 6.04. The number of aryl methyl sites for hydroxylation is 1. The van der Waals surface area contributed by atoms with Crippen LogP contribution in [0.3, 0.4) is 0 Å². The molecule has 5 rings (SSSR count). The first-order chi connectivity index (χ1) is 18.4. The van der Waals surface area contributed by atoms with E-state index < -0.39 is 0 Å². The van der Waals surface area contributed by atoms with Crippen molar-refractivity contribution in [3.05, 3.63) is 106 Å². The highest BCUT2D eigenvalue weighted by atomic mass is 16.3. The van der Waals surface area contributed by atoms with Gasteiger partial charge in [-0.3, -0.25) is 19.2 Å². The number of hydrogen-bond acceptors (Lipinski definition) is 5. The number of anilines is 1. The molecule has 3 heterocycles. The number of aliphatic hydroxyl groups excluding tert-OH is 1. The van der Waals surface area contributed by atoms with Crippen LogP contribution < -0.4 is 10.9 Å². The second-order valence-electron chi connectivity index (χ2n) is 9.56. The van der Waals surface area contributed by atoms with Gasteiger partial charge in [0.15, 0.2) is 0 Å². The summed E-state index contributed by atoms with van der Waals surface area (Å²) < 4.78 is 1.72. The number of fused-ring (bicyclic) bond motifs is 1. The molecule has 0 spiro atoms. The Morgan fingerprint density at radius 1 is 1.11 bits per heavy atom. The van der Waals surface area contributed by atoms with Crippen molar-refractivity contribution < 1.29 is 9.90 Å². The number of aliphatic hydroxyl groups is 1. The van der Waals surface area contributed by atoms with Gasteiger partial charge >= 0.3 is 0 Å². The number of rotatable bonds is 9. The van der Waals surface area contributed by atoms with Crippen molar-refractivity contribution in [2.24, 2.45) is 0 Å². The molecule has 0 radical (unpaired) electrons. The molecule has 0 unspecified atom stereocenters. The minimum absolute atomic E-state index is 0.110. The number of nitrogens with one attached hydrogen (secondary N) is 3. The smallest absolute Gasteiger partial charge is 0.258 e. The third kappa shape index (κ3) is 5.74. The van der Waals surface area contributed by atoms with Crippen molar-refractivity contribution in [2.75, 3.05) is 25.5 Å². The zero-order chi connectivity index (χ0) is 26.6. The van der Waals surface area contributed by atoms with Gasteiger partial charge in [-0.05, 0) is 49.4 Å². The van der Waals surface area contributed by atoms with Gasteiger partial charge in [0, 0.05) is 36.4 Å². The zero-order valence-corrected chi connectivity index (χ0v) is 21.4. The van der Waals surface area contributed by atoms with E-state index in [1.54, 1.807) is 16.9 Å². The van der Waals surface area contributed by atoms with E-state index in [0.717, 1.165) is 22.0 Å². The Morgan fingerprint density at radius 2 is 1.89 bits per heavy atom. The SMILES string of the molecule is Cc1ccc(Cn2cc(C(=O)Nc3c[nH]c(=O)c(-c4cc5cc(CN(C)CCO)ccc5[nH]4)c3)cn2)cc1. The quantitative estimate of drug-likeness (QED) is 0.241. The Kier molecular flexibility index (Phi) is 7.21. The van der Waals surface area contributed by atoms with Crippen molar-refractivity contribution in [3.8, 4) is 11.3 Å². The summed E-state index contributed by atoms with van der Waals surface area (Å²) in [6, 6.07) is 17.8. The van der Waals surface area contributed by atoms with Crippen molar-refractivity contribution in [3.63, 3.8) is 0 Å². The second kappa shape index (κ2) is 10.9.